The van der Waals surface area contributed by atoms with Crippen LogP contribution in [0.2, 0.25) is 0 Å². The normalized spacial score (nSPS) is 11.6. The van der Waals surface area contributed by atoms with Crippen molar-refractivity contribution >= 4 is 29.4 Å². The predicted octanol–water partition coefficient (Wildman–Crippen LogP) is 1.41. The lowest BCUT2D eigenvalue weighted by molar-refractivity contribution is -0.139. The van der Waals surface area contributed by atoms with E-state index in [1.165, 1.54) is 18.0 Å². The Morgan fingerprint density at radius 3 is 2.89 bits per heavy atom. The monoisotopic (exact) mass is 269 g/mol. The third kappa shape index (κ3) is 5.05. The number of carbonyl (C=O) groups is 2. The zero-order valence-corrected chi connectivity index (χ0v) is 10.7. The summed E-state index contributed by atoms with van der Waals surface area (Å²) in [6.07, 6.45) is 5.34. The minimum atomic E-state index is -1.04. The van der Waals surface area contributed by atoms with Gasteiger partial charge in [0, 0.05) is 6.20 Å². The van der Waals surface area contributed by atoms with Crippen LogP contribution in [0.25, 0.3) is 0 Å². The number of pyridine rings is 1. The minimum Gasteiger partial charge on any atom is -0.480 e. The molecule has 1 aromatic heterocycles. The quantitative estimate of drug-likeness (QED) is 0.726. The first kappa shape index (κ1) is 14.3. The number of nitrogens with zero attached hydrogens (tertiary/aromatic N) is 1. The number of rotatable bonds is 6. The number of carboxylic acids is 1. The van der Waals surface area contributed by atoms with E-state index in [4.69, 9.17) is 5.11 Å². The molecule has 6 nitrogen and oxygen atoms in total. The Labute approximate surface area is 109 Å². The summed E-state index contributed by atoms with van der Waals surface area (Å²) in [5, 5.41) is 13.9. The summed E-state index contributed by atoms with van der Waals surface area (Å²) in [5.41, 5.74) is 0.518. The van der Waals surface area contributed by atoms with E-state index in [1.807, 2.05) is 6.26 Å². The zero-order valence-electron chi connectivity index (χ0n) is 9.92. The van der Waals surface area contributed by atoms with Crippen LogP contribution >= 0.6 is 11.8 Å². The lowest BCUT2D eigenvalue weighted by atomic mass is 10.2. The molecule has 0 unspecified atom stereocenters. The van der Waals surface area contributed by atoms with Gasteiger partial charge in [0.25, 0.3) is 0 Å². The lowest BCUT2D eigenvalue weighted by Crippen LogP contribution is -2.43. The first-order chi connectivity index (χ1) is 8.63. The average Bonchev–Trinajstić information content (AvgIpc) is 2.35. The second kappa shape index (κ2) is 7.54. The molecule has 18 heavy (non-hydrogen) atoms. The van der Waals surface area contributed by atoms with Crippen LogP contribution in [-0.4, -0.2) is 40.1 Å². The third-order valence-corrected chi connectivity index (χ3v) is 2.78. The molecule has 0 radical (unpaired) electrons. The molecule has 0 bridgehead atoms. The smallest absolute Gasteiger partial charge is 0.326 e. The van der Waals surface area contributed by atoms with E-state index < -0.39 is 18.0 Å². The Hall–Kier alpha value is -1.76. The highest BCUT2D eigenvalue weighted by molar-refractivity contribution is 7.98. The van der Waals surface area contributed by atoms with Gasteiger partial charge < -0.3 is 15.7 Å². The number of nitrogens with one attached hydrogen (secondary N) is 2. The van der Waals surface area contributed by atoms with Crippen molar-refractivity contribution < 1.29 is 14.7 Å². The van der Waals surface area contributed by atoms with Crippen LogP contribution in [0.1, 0.15) is 6.42 Å². The van der Waals surface area contributed by atoms with Gasteiger partial charge in [-0.25, -0.2) is 9.59 Å². The molecule has 1 atom stereocenters. The highest BCUT2D eigenvalue weighted by atomic mass is 32.2. The first-order valence-electron chi connectivity index (χ1n) is 5.32. The van der Waals surface area contributed by atoms with Gasteiger partial charge in [-0.05, 0) is 30.6 Å². The topological polar surface area (TPSA) is 91.3 Å². The van der Waals surface area contributed by atoms with Crippen molar-refractivity contribution in [3.05, 3.63) is 24.5 Å². The number of hydrogen-bond donors (Lipinski definition) is 3. The maximum atomic E-state index is 11.6. The van der Waals surface area contributed by atoms with Crippen molar-refractivity contribution in [3.63, 3.8) is 0 Å². The van der Waals surface area contributed by atoms with Crippen molar-refractivity contribution in [1.29, 1.82) is 0 Å². The van der Waals surface area contributed by atoms with Crippen LogP contribution in [0.4, 0.5) is 10.5 Å². The largest absolute Gasteiger partial charge is 0.480 e. The van der Waals surface area contributed by atoms with Crippen LogP contribution in [0.15, 0.2) is 24.5 Å². The Balaban J connectivity index is 2.48. The Morgan fingerprint density at radius 1 is 1.56 bits per heavy atom. The van der Waals surface area contributed by atoms with E-state index in [9.17, 15) is 9.59 Å². The molecule has 2 amide bonds. The van der Waals surface area contributed by atoms with E-state index in [2.05, 4.69) is 15.6 Å². The van der Waals surface area contributed by atoms with E-state index in [0.29, 0.717) is 17.9 Å². The highest BCUT2D eigenvalue weighted by Crippen LogP contribution is 2.04. The molecule has 0 fully saturated rings. The van der Waals surface area contributed by atoms with Crippen LogP contribution in [0, 0.1) is 0 Å². The van der Waals surface area contributed by atoms with Gasteiger partial charge in [0.15, 0.2) is 0 Å². The minimum absolute atomic E-state index is 0.386. The van der Waals surface area contributed by atoms with Gasteiger partial charge in [0.1, 0.15) is 6.04 Å². The number of aliphatic carboxylic acids is 1. The molecule has 0 aliphatic carbocycles. The maximum Gasteiger partial charge on any atom is 0.326 e. The molecule has 0 aromatic carbocycles. The van der Waals surface area contributed by atoms with Crippen molar-refractivity contribution in [2.24, 2.45) is 0 Å². The van der Waals surface area contributed by atoms with Crippen LogP contribution in [0.5, 0.6) is 0 Å². The standard InChI is InChI=1S/C11H15N3O3S/c1-18-6-4-9(10(15)16)14-11(17)13-8-3-2-5-12-7-8/h2-3,5,7,9H,4,6H2,1H3,(H,15,16)(H2,13,14,17)/t9-/m1/s1. The first-order valence-corrected chi connectivity index (χ1v) is 6.72. The highest BCUT2D eigenvalue weighted by Gasteiger charge is 2.19. The van der Waals surface area contributed by atoms with Gasteiger partial charge >= 0.3 is 12.0 Å². The molecule has 7 heteroatoms. The summed E-state index contributed by atoms with van der Waals surface area (Å²) in [6.45, 7) is 0. The number of hydrogen-bond acceptors (Lipinski definition) is 4. The zero-order chi connectivity index (χ0) is 13.4. The SMILES string of the molecule is CSCC[C@@H](NC(=O)Nc1cccnc1)C(=O)O. The molecule has 0 aliphatic rings. The van der Waals surface area contributed by atoms with E-state index in [-0.39, 0.29) is 0 Å². The van der Waals surface area contributed by atoms with Gasteiger partial charge in [-0.3, -0.25) is 4.98 Å². The van der Waals surface area contributed by atoms with Gasteiger partial charge in [0.2, 0.25) is 0 Å². The van der Waals surface area contributed by atoms with E-state index in [1.54, 1.807) is 18.3 Å². The summed E-state index contributed by atoms with van der Waals surface area (Å²) in [6, 6.07) is 1.92. The third-order valence-electron chi connectivity index (χ3n) is 2.13. The molecule has 1 rings (SSSR count). The van der Waals surface area contributed by atoms with Gasteiger partial charge in [0.05, 0.1) is 11.9 Å². The number of urea groups is 1. The number of anilines is 1. The maximum absolute atomic E-state index is 11.6. The second-order valence-electron chi connectivity index (χ2n) is 3.51. The Bertz CT molecular complexity index is 400. The van der Waals surface area contributed by atoms with Crippen LogP contribution in [0.3, 0.4) is 0 Å². The number of aromatic nitrogens is 1. The van der Waals surface area contributed by atoms with Gasteiger partial charge in [-0.1, -0.05) is 0 Å². The van der Waals surface area contributed by atoms with Crippen LogP contribution in [-0.2, 0) is 4.79 Å². The molecular formula is C11H15N3O3S. The number of carboxylic acid groups (broad SMARTS) is 1. The predicted molar refractivity (Wildman–Crippen MR) is 70.8 cm³/mol. The molecule has 0 saturated carbocycles. The lowest BCUT2D eigenvalue weighted by Gasteiger charge is -2.14. The van der Waals surface area contributed by atoms with Crippen molar-refractivity contribution in [2.75, 3.05) is 17.3 Å². The molecule has 0 spiro atoms. The molecule has 1 aromatic rings. The second-order valence-corrected chi connectivity index (χ2v) is 4.50. The summed E-state index contributed by atoms with van der Waals surface area (Å²) in [4.78, 5) is 26.3. The van der Waals surface area contributed by atoms with Crippen LogP contribution < -0.4 is 10.6 Å². The van der Waals surface area contributed by atoms with E-state index in [0.717, 1.165) is 0 Å². The molecule has 0 aliphatic heterocycles. The summed E-state index contributed by atoms with van der Waals surface area (Å²) in [5.74, 6) is -0.366. The Kier molecular flexibility index (Phi) is 5.99. The fourth-order valence-electron chi connectivity index (χ4n) is 1.26. The summed E-state index contributed by atoms with van der Waals surface area (Å²) < 4.78 is 0. The summed E-state index contributed by atoms with van der Waals surface area (Å²) in [7, 11) is 0. The van der Waals surface area contributed by atoms with Gasteiger partial charge in [-0.2, -0.15) is 11.8 Å². The molecule has 3 N–H and O–H groups in total. The fraction of sp³-hybridized carbons (Fsp3) is 0.364. The number of carbonyl (C=O) groups excluding carboxylic acids is 1. The molecule has 1 heterocycles. The van der Waals surface area contributed by atoms with Crippen molar-refractivity contribution in [3.8, 4) is 0 Å². The van der Waals surface area contributed by atoms with Crippen molar-refractivity contribution in [2.45, 2.75) is 12.5 Å². The molecule has 98 valence electrons. The van der Waals surface area contributed by atoms with E-state index >= 15 is 0 Å². The summed E-state index contributed by atoms with van der Waals surface area (Å²) >= 11 is 1.53. The molecule has 0 saturated heterocycles. The molecular weight excluding hydrogens is 254 g/mol. The average molecular weight is 269 g/mol. The Morgan fingerprint density at radius 2 is 2.33 bits per heavy atom. The van der Waals surface area contributed by atoms with Gasteiger partial charge in [-0.15, -0.1) is 0 Å². The number of thioether (sulfide) groups is 1. The van der Waals surface area contributed by atoms with Crippen molar-refractivity contribution in [1.82, 2.24) is 10.3 Å². The fourth-order valence-corrected chi connectivity index (χ4v) is 1.73. The number of amides is 2.